The fraction of sp³-hybridized carbons (Fsp3) is 0.118. The Kier molecular flexibility index (Phi) is 4.06. The Hall–Kier alpha value is -2.76. The van der Waals surface area contributed by atoms with Gasteiger partial charge in [0.25, 0.3) is 0 Å². The molecule has 1 N–H and O–H groups in total. The largest absolute Gasteiger partial charge is 0.508 e. The monoisotopic (exact) mass is 318 g/mol. The van der Waals surface area contributed by atoms with E-state index in [0.29, 0.717) is 17.9 Å². The first-order chi connectivity index (χ1) is 11.1. The zero-order valence-corrected chi connectivity index (χ0v) is 12.0. The number of benzene rings is 2. The fourth-order valence-corrected chi connectivity index (χ4v) is 2.35. The van der Waals surface area contributed by atoms with Crippen LogP contribution in [0.15, 0.2) is 48.8 Å². The molecule has 3 aromatic rings. The van der Waals surface area contributed by atoms with Gasteiger partial charge in [0.15, 0.2) is 17.5 Å². The summed E-state index contributed by atoms with van der Waals surface area (Å²) in [5.74, 6) is -3.28. The smallest absolute Gasteiger partial charge is 0.194 e. The summed E-state index contributed by atoms with van der Waals surface area (Å²) in [6.07, 6.45) is 3.23. The molecule has 6 heteroatoms. The molecule has 0 spiro atoms. The molecule has 118 valence electrons. The molecule has 0 saturated carbocycles. The number of nitrogens with zero attached hydrogens (tertiary/aromatic N) is 2. The fourth-order valence-electron chi connectivity index (χ4n) is 2.35. The number of imidazole rings is 1. The van der Waals surface area contributed by atoms with Gasteiger partial charge in [-0.2, -0.15) is 0 Å². The molecule has 0 unspecified atom stereocenters. The molecular weight excluding hydrogens is 305 g/mol. The number of aromatic hydroxyl groups is 1. The summed E-state index contributed by atoms with van der Waals surface area (Å²) in [5.41, 5.74) is 0.700. The van der Waals surface area contributed by atoms with E-state index in [1.54, 1.807) is 35.0 Å². The van der Waals surface area contributed by atoms with Gasteiger partial charge in [-0.05, 0) is 17.7 Å². The minimum absolute atomic E-state index is 0.0175. The van der Waals surface area contributed by atoms with Crippen LogP contribution in [0.4, 0.5) is 13.2 Å². The normalized spacial score (nSPS) is 10.9. The van der Waals surface area contributed by atoms with Crippen LogP contribution in [-0.2, 0) is 13.0 Å². The highest BCUT2D eigenvalue weighted by Crippen LogP contribution is 2.20. The first-order valence-corrected chi connectivity index (χ1v) is 6.95. The van der Waals surface area contributed by atoms with Crippen molar-refractivity contribution in [2.24, 2.45) is 0 Å². The van der Waals surface area contributed by atoms with Gasteiger partial charge in [0.1, 0.15) is 11.6 Å². The van der Waals surface area contributed by atoms with Crippen molar-refractivity contribution in [1.29, 1.82) is 0 Å². The summed E-state index contributed by atoms with van der Waals surface area (Å²) in [5, 5.41) is 9.82. The van der Waals surface area contributed by atoms with Crippen LogP contribution in [0.5, 0.6) is 5.75 Å². The third-order valence-electron chi connectivity index (χ3n) is 3.60. The standard InChI is InChI=1S/C17H13F3N2O/c18-13-6-5-11(16(19)17(13)20)9-15-21-7-8-22(15)10-12-3-1-2-4-14(12)23/h1-8,23H,9-10H2. The Labute approximate surface area is 130 Å². The van der Waals surface area contributed by atoms with Gasteiger partial charge in [0.05, 0.1) is 6.54 Å². The minimum Gasteiger partial charge on any atom is -0.508 e. The maximum Gasteiger partial charge on any atom is 0.194 e. The topological polar surface area (TPSA) is 38.0 Å². The molecule has 2 aromatic carbocycles. The molecule has 0 aliphatic rings. The third-order valence-corrected chi connectivity index (χ3v) is 3.60. The molecule has 0 bridgehead atoms. The lowest BCUT2D eigenvalue weighted by atomic mass is 10.1. The second-order valence-corrected chi connectivity index (χ2v) is 5.11. The summed E-state index contributed by atoms with van der Waals surface area (Å²) in [6, 6.07) is 8.93. The second-order valence-electron chi connectivity index (χ2n) is 5.11. The first kappa shape index (κ1) is 15.1. The molecule has 0 aliphatic heterocycles. The van der Waals surface area contributed by atoms with Crippen LogP contribution in [-0.4, -0.2) is 14.7 Å². The van der Waals surface area contributed by atoms with Crippen molar-refractivity contribution in [1.82, 2.24) is 9.55 Å². The highest BCUT2D eigenvalue weighted by molar-refractivity contribution is 5.32. The quantitative estimate of drug-likeness (QED) is 0.746. The van der Waals surface area contributed by atoms with E-state index >= 15 is 0 Å². The van der Waals surface area contributed by atoms with Crippen molar-refractivity contribution in [3.63, 3.8) is 0 Å². The summed E-state index contributed by atoms with van der Waals surface area (Å²) < 4.78 is 41.8. The van der Waals surface area contributed by atoms with Crippen molar-refractivity contribution in [3.05, 3.63) is 83.2 Å². The minimum atomic E-state index is -1.48. The van der Waals surface area contributed by atoms with Crippen molar-refractivity contribution in [2.75, 3.05) is 0 Å². The molecule has 23 heavy (non-hydrogen) atoms. The SMILES string of the molecule is Oc1ccccc1Cn1ccnc1Cc1ccc(F)c(F)c1F. The predicted molar refractivity (Wildman–Crippen MR) is 78.6 cm³/mol. The highest BCUT2D eigenvalue weighted by Gasteiger charge is 2.15. The number of rotatable bonds is 4. The maximum absolute atomic E-state index is 13.8. The molecule has 3 rings (SSSR count). The first-order valence-electron chi connectivity index (χ1n) is 6.95. The lowest BCUT2D eigenvalue weighted by Gasteiger charge is -2.10. The third kappa shape index (κ3) is 3.06. The molecule has 1 aromatic heterocycles. The van der Waals surface area contributed by atoms with Crippen LogP contribution < -0.4 is 0 Å². The van der Waals surface area contributed by atoms with E-state index in [4.69, 9.17) is 0 Å². The van der Waals surface area contributed by atoms with E-state index in [1.807, 2.05) is 0 Å². The van der Waals surface area contributed by atoms with Gasteiger partial charge in [-0.3, -0.25) is 0 Å². The van der Waals surface area contributed by atoms with E-state index in [2.05, 4.69) is 4.98 Å². The van der Waals surface area contributed by atoms with Gasteiger partial charge < -0.3 is 9.67 Å². The summed E-state index contributed by atoms with van der Waals surface area (Å²) >= 11 is 0. The number of aromatic nitrogens is 2. The van der Waals surface area contributed by atoms with E-state index in [0.717, 1.165) is 6.07 Å². The van der Waals surface area contributed by atoms with Crippen LogP contribution in [0.25, 0.3) is 0 Å². The molecular formula is C17H13F3N2O. The number of phenolic OH excluding ortho intramolecular Hbond substituents is 1. The molecule has 0 fully saturated rings. The van der Waals surface area contributed by atoms with E-state index in [9.17, 15) is 18.3 Å². The van der Waals surface area contributed by atoms with Crippen molar-refractivity contribution in [2.45, 2.75) is 13.0 Å². The highest BCUT2D eigenvalue weighted by atomic mass is 19.2. The zero-order chi connectivity index (χ0) is 16.4. The van der Waals surface area contributed by atoms with Crippen LogP contribution >= 0.6 is 0 Å². The Morgan fingerprint density at radius 2 is 1.74 bits per heavy atom. The summed E-state index contributed by atoms with van der Waals surface area (Å²) in [4.78, 5) is 4.13. The molecule has 0 saturated heterocycles. The molecule has 3 nitrogen and oxygen atoms in total. The molecule has 0 amide bonds. The molecule has 0 atom stereocenters. The van der Waals surface area contributed by atoms with Crippen LogP contribution in [0, 0.1) is 17.5 Å². The van der Waals surface area contributed by atoms with Gasteiger partial charge in [-0.1, -0.05) is 24.3 Å². The zero-order valence-electron chi connectivity index (χ0n) is 12.0. The Morgan fingerprint density at radius 1 is 0.957 bits per heavy atom. The predicted octanol–water partition coefficient (Wildman–Crippen LogP) is 3.65. The molecule has 0 aliphatic carbocycles. The number of phenols is 1. The van der Waals surface area contributed by atoms with E-state index < -0.39 is 17.5 Å². The van der Waals surface area contributed by atoms with Crippen molar-refractivity contribution >= 4 is 0 Å². The van der Waals surface area contributed by atoms with Gasteiger partial charge in [0.2, 0.25) is 0 Å². The number of halogens is 3. The van der Waals surface area contributed by atoms with Crippen LogP contribution in [0.1, 0.15) is 17.0 Å². The Bertz CT molecular complexity index is 846. The lowest BCUT2D eigenvalue weighted by molar-refractivity contribution is 0.441. The summed E-state index contributed by atoms with van der Waals surface area (Å²) in [6.45, 7) is 0.341. The lowest BCUT2D eigenvalue weighted by Crippen LogP contribution is -2.07. The average molecular weight is 318 g/mol. The maximum atomic E-state index is 13.8. The second kappa shape index (κ2) is 6.16. The van der Waals surface area contributed by atoms with Crippen LogP contribution in [0.2, 0.25) is 0 Å². The van der Waals surface area contributed by atoms with Gasteiger partial charge in [-0.15, -0.1) is 0 Å². The van der Waals surface area contributed by atoms with Gasteiger partial charge in [-0.25, -0.2) is 18.2 Å². The van der Waals surface area contributed by atoms with Gasteiger partial charge in [0, 0.05) is 24.4 Å². The van der Waals surface area contributed by atoms with Crippen molar-refractivity contribution in [3.8, 4) is 5.75 Å². The number of hydrogen-bond acceptors (Lipinski definition) is 2. The summed E-state index contributed by atoms with van der Waals surface area (Å²) in [7, 11) is 0. The van der Waals surface area contributed by atoms with Crippen LogP contribution in [0.3, 0.4) is 0 Å². The molecule has 1 heterocycles. The molecule has 0 radical (unpaired) electrons. The Balaban J connectivity index is 1.88. The van der Waals surface area contributed by atoms with E-state index in [1.165, 1.54) is 12.3 Å². The average Bonchev–Trinajstić information content (AvgIpc) is 2.97. The van der Waals surface area contributed by atoms with E-state index in [-0.39, 0.29) is 17.7 Å². The van der Waals surface area contributed by atoms with Gasteiger partial charge >= 0.3 is 0 Å². The number of hydrogen-bond donors (Lipinski definition) is 1. The number of para-hydroxylation sites is 1. The Morgan fingerprint density at radius 3 is 2.52 bits per heavy atom. The van der Waals surface area contributed by atoms with Crippen molar-refractivity contribution < 1.29 is 18.3 Å².